The highest BCUT2D eigenvalue weighted by molar-refractivity contribution is 4.81. The molecule has 106 valence electrons. The molecular weight excluding hydrogens is 228 g/mol. The molecule has 2 aliphatic heterocycles. The summed E-state index contributed by atoms with van der Waals surface area (Å²) >= 11 is 0. The highest BCUT2D eigenvalue weighted by Crippen LogP contribution is 2.21. The van der Waals surface area contributed by atoms with Crippen LogP contribution in [0.2, 0.25) is 0 Å². The smallest absolute Gasteiger partial charge is 0.0829 e. The second kappa shape index (κ2) is 6.33. The normalized spacial score (nSPS) is 36.5. The van der Waals surface area contributed by atoms with Crippen molar-refractivity contribution in [1.29, 1.82) is 0 Å². The van der Waals surface area contributed by atoms with Gasteiger partial charge in [-0.2, -0.15) is 0 Å². The number of hydrogen-bond acceptors (Lipinski definition) is 4. The number of nitrogens with zero attached hydrogens (tertiary/aromatic N) is 2. The van der Waals surface area contributed by atoms with Gasteiger partial charge in [0, 0.05) is 26.2 Å². The predicted molar refractivity (Wildman–Crippen MR) is 72.8 cm³/mol. The van der Waals surface area contributed by atoms with Crippen molar-refractivity contribution in [3.8, 4) is 0 Å². The minimum Gasteiger partial charge on any atom is -0.390 e. The molecule has 0 aromatic carbocycles. The monoisotopic (exact) mass is 256 g/mol. The van der Waals surface area contributed by atoms with E-state index in [2.05, 4.69) is 16.7 Å². The average molecular weight is 256 g/mol. The molecule has 4 heteroatoms. The Labute approximate surface area is 111 Å². The van der Waals surface area contributed by atoms with Gasteiger partial charge in [0.05, 0.1) is 18.3 Å². The van der Waals surface area contributed by atoms with Crippen LogP contribution in [0, 0.1) is 0 Å². The molecule has 1 N–H and O–H groups in total. The fourth-order valence-corrected chi connectivity index (χ4v) is 2.97. The van der Waals surface area contributed by atoms with E-state index in [4.69, 9.17) is 4.74 Å². The maximum absolute atomic E-state index is 10.1. The summed E-state index contributed by atoms with van der Waals surface area (Å²) < 4.78 is 5.86. The van der Waals surface area contributed by atoms with Crippen LogP contribution in [0.15, 0.2) is 0 Å². The van der Waals surface area contributed by atoms with Crippen LogP contribution in [-0.4, -0.2) is 72.5 Å². The van der Waals surface area contributed by atoms with E-state index in [-0.39, 0.29) is 0 Å². The molecule has 4 nitrogen and oxygen atoms in total. The minimum absolute atomic E-state index is 0.349. The summed E-state index contributed by atoms with van der Waals surface area (Å²) in [5.74, 6) is 0. The van der Waals surface area contributed by atoms with E-state index >= 15 is 0 Å². The average Bonchev–Trinajstić information content (AvgIpc) is 2.51. The Bertz CT molecular complexity index is 258. The summed E-state index contributed by atoms with van der Waals surface area (Å²) in [7, 11) is 0. The van der Waals surface area contributed by atoms with Crippen molar-refractivity contribution >= 4 is 0 Å². The van der Waals surface area contributed by atoms with E-state index in [1.807, 2.05) is 6.92 Å². The van der Waals surface area contributed by atoms with Crippen molar-refractivity contribution in [2.45, 2.75) is 44.8 Å². The van der Waals surface area contributed by atoms with Crippen molar-refractivity contribution < 1.29 is 9.84 Å². The van der Waals surface area contributed by atoms with E-state index < -0.39 is 5.60 Å². The van der Waals surface area contributed by atoms with Gasteiger partial charge in [-0.05, 0) is 39.3 Å². The SMILES string of the molecule is CCN1CCOC(CN2CCCC(C)(O)CC2)C1. The summed E-state index contributed by atoms with van der Waals surface area (Å²) in [6, 6.07) is 0. The highest BCUT2D eigenvalue weighted by Gasteiger charge is 2.27. The molecule has 0 radical (unpaired) electrons. The maximum atomic E-state index is 10.1. The summed E-state index contributed by atoms with van der Waals surface area (Å²) in [4.78, 5) is 4.92. The van der Waals surface area contributed by atoms with Crippen LogP contribution in [0.5, 0.6) is 0 Å². The van der Waals surface area contributed by atoms with Crippen molar-refractivity contribution in [1.82, 2.24) is 9.80 Å². The van der Waals surface area contributed by atoms with E-state index in [0.29, 0.717) is 6.10 Å². The fourth-order valence-electron chi connectivity index (χ4n) is 2.97. The molecule has 2 rings (SSSR count). The molecule has 0 bridgehead atoms. The lowest BCUT2D eigenvalue weighted by Gasteiger charge is -2.35. The predicted octanol–water partition coefficient (Wildman–Crippen LogP) is 0.944. The van der Waals surface area contributed by atoms with E-state index in [0.717, 1.165) is 65.1 Å². The van der Waals surface area contributed by atoms with Crippen molar-refractivity contribution in [3.05, 3.63) is 0 Å². The van der Waals surface area contributed by atoms with Crippen LogP contribution in [0.1, 0.15) is 33.1 Å². The maximum Gasteiger partial charge on any atom is 0.0829 e. The zero-order valence-corrected chi connectivity index (χ0v) is 11.9. The van der Waals surface area contributed by atoms with Gasteiger partial charge >= 0.3 is 0 Å². The van der Waals surface area contributed by atoms with Crippen LogP contribution in [-0.2, 0) is 4.74 Å². The second-order valence-electron chi connectivity index (χ2n) is 6.04. The summed E-state index contributed by atoms with van der Waals surface area (Å²) in [5, 5.41) is 10.1. The van der Waals surface area contributed by atoms with Gasteiger partial charge in [-0.25, -0.2) is 0 Å². The third-order valence-electron chi connectivity index (χ3n) is 4.29. The third kappa shape index (κ3) is 4.19. The largest absolute Gasteiger partial charge is 0.390 e. The van der Waals surface area contributed by atoms with Crippen LogP contribution < -0.4 is 0 Å². The first-order valence-electron chi connectivity index (χ1n) is 7.38. The Morgan fingerprint density at radius 1 is 1.22 bits per heavy atom. The Morgan fingerprint density at radius 2 is 2.06 bits per heavy atom. The Hall–Kier alpha value is -0.160. The number of morpholine rings is 1. The summed E-state index contributed by atoms with van der Waals surface area (Å²) in [6.45, 7) is 11.4. The van der Waals surface area contributed by atoms with Crippen molar-refractivity contribution in [2.24, 2.45) is 0 Å². The summed E-state index contributed by atoms with van der Waals surface area (Å²) in [6.07, 6.45) is 3.26. The molecule has 2 fully saturated rings. The first-order chi connectivity index (χ1) is 8.59. The van der Waals surface area contributed by atoms with Gasteiger partial charge in [0.2, 0.25) is 0 Å². The van der Waals surface area contributed by atoms with Gasteiger partial charge in [-0.3, -0.25) is 4.90 Å². The number of hydrogen-bond donors (Lipinski definition) is 1. The zero-order chi connectivity index (χ0) is 13.0. The molecule has 0 aromatic heterocycles. The Kier molecular flexibility index (Phi) is 5.01. The molecule has 2 heterocycles. The molecular formula is C14H28N2O2. The quantitative estimate of drug-likeness (QED) is 0.815. The molecule has 0 saturated carbocycles. The number of aliphatic hydroxyl groups is 1. The number of likely N-dealkylation sites (tertiary alicyclic amines) is 1. The van der Waals surface area contributed by atoms with Crippen LogP contribution >= 0.6 is 0 Å². The third-order valence-corrected chi connectivity index (χ3v) is 4.29. The van der Waals surface area contributed by atoms with Crippen molar-refractivity contribution in [2.75, 3.05) is 45.9 Å². The number of rotatable bonds is 3. The van der Waals surface area contributed by atoms with Crippen LogP contribution in [0.25, 0.3) is 0 Å². The standard InChI is InChI=1S/C14H28N2O2/c1-3-15-9-10-18-13(11-15)12-16-7-4-5-14(2,17)6-8-16/h13,17H,3-12H2,1-2H3. The molecule has 2 unspecified atom stereocenters. The minimum atomic E-state index is -0.461. The lowest BCUT2D eigenvalue weighted by Crippen LogP contribution is -2.47. The van der Waals surface area contributed by atoms with Gasteiger partial charge in [-0.1, -0.05) is 6.92 Å². The number of likely N-dealkylation sites (N-methyl/N-ethyl adjacent to an activating group) is 1. The van der Waals surface area contributed by atoms with Crippen molar-refractivity contribution in [3.63, 3.8) is 0 Å². The van der Waals surface area contributed by atoms with E-state index in [1.165, 1.54) is 0 Å². The molecule has 0 amide bonds. The van der Waals surface area contributed by atoms with Gasteiger partial charge in [0.1, 0.15) is 0 Å². The van der Waals surface area contributed by atoms with Gasteiger partial charge in [-0.15, -0.1) is 0 Å². The number of ether oxygens (including phenoxy) is 1. The molecule has 18 heavy (non-hydrogen) atoms. The highest BCUT2D eigenvalue weighted by atomic mass is 16.5. The van der Waals surface area contributed by atoms with E-state index in [9.17, 15) is 5.11 Å². The first-order valence-corrected chi connectivity index (χ1v) is 7.38. The lowest BCUT2D eigenvalue weighted by atomic mass is 9.98. The molecule has 0 aromatic rings. The van der Waals surface area contributed by atoms with Gasteiger partial charge in [0.15, 0.2) is 0 Å². The van der Waals surface area contributed by atoms with Crippen LogP contribution in [0.3, 0.4) is 0 Å². The van der Waals surface area contributed by atoms with Gasteiger partial charge < -0.3 is 14.7 Å². The first kappa shape index (κ1) is 14.3. The van der Waals surface area contributed by atoms with Gasteiger partial charge in [0.25, 0.3) is 0 Å². The molecule has 2 atom stereocenters. The molecule has 2 aliphatic rings. The molecule has 0 spiro atoms. The topological polar surface area (TPSA) is 35.9 Å². The lowest BCUT2D eigenvalue weighted by molar-refractivity contribution is -0.0423. The molecule has 2 saturated heterocycles. The summed E-state index contributed by atoms with van der Waals surface area (Å²) in [5.41, 5.74) is -0.461. The molecule has 0 aliphatic carbocycles. The van der Waals surface area contributed by atoms with Crippen LogP contribution in [0.4, 0.5) is 0 Å². The Balaban J connectivity index is 1.78. The Morgan fingerprint density at radius 3 is 2.83 bits per heavy atom. The zero-order valence-electron chi connectivity index (χ0n) is 11.9. The second-order valence-corrected chi connectivity index (χ2v) is 6.04. The van der Waals surface area contributed by atoms with E-state index in [1.54, 1.807) is 0 Å². The fraction of sp³-hybridized carbons (Fsp3) is 1.00.